The van der Waals surface area contributed by atoms with Gasteiger partial charge in [-0.25, -0.2) is 0 Å². The summed E-state index contributed by atoms with van der Waals surface area (Å²) < 4.78 is 13.4. The summed E-state index contributed by atoms with van der Waals surface area (Å²) in [5.74, 6) is 0.847. The van der Waals surface area contributed by atoms with Crippen LogP contribution in [0.5, 0.6) is 0 Å². The molecule has 3 atom stereocenters. The van der Waals surface area contributed by atoms with E-state index in [0.717, 1.165) is 11.3 Å². The van der Waals surface area contributed by atoms with Crippen molar-refractivity contribution in [3.05, 3.63) is 35.9 Å². The number of thiocarbonyl (C=S) groups is 1. The first-order valence-electron chi connectivity index (χ1n) is 11.1. The van der Waals surface area contributed by atoms with Crippen molar-refractivity contribution in [2.75, 3.05) is 12.4 Å². The Morgan fingerprint density at radius 3 is 2.39 bits per heavy atom. The van der Waals surface area contributed by atoms with Gasteiger partial charge in [-0.1, -0.05) is 88.9 Å². The highest BCUT2D eigenvalue weighted by molar-refractivity contribution is 8.23. The minimum absolute atomic E-state index is 0.0352. The smallest absolute Gasteiger partial charge is 0.236 e. The number of thioether (sulfide) groups is 1. The Morgan fingerprint density at radius 1 is 1.23 bits per heavy atom. The van der Waals surface area contributed by atoms with Gasteiger partial charge in [0.15, 0.2) is 8.32 Å². The zero-order chi connectivity index (χ0) is 23.4. The van der Waals surface area contributed by atoms with E-state index in [-0.39, 0.29) is 23.1 Å². The number of nitrogens with zero attached hydrogens (tertiary/aromatic N) is 1. The number of amides is 1. The highest BCUT2D eigenvalue weighted by Crippen LogP contribution is 2.39. The van der Waals surface area contributed by atoms with Crippen LogP contribution in [0.2, 0.25) is 18.1 Å². The zero-order valence-corrected chi connectivity index (χ0v) is 22.9. The van der Waals surface area contributed by atoms with E-state index in [1.165, 1.54) is 0 Å². The fraction of sp³-hybridized carbons (Fsp3) is 0.667. The van der Waals surface area contributed by atoms with Crippen molar-refractivity contribution in [2.24, 2.45) is 11.8 Å². The minimum atomic E-state index is -2.04. The molecule has 1 amide bonds. The summed E-state index contributed by atoms with van der Waals surface area (Å²) in [5.41, 5.74) is 1.10. The summed E-state index contributed by atoms with van der Waals surface area (Å²) in [5, 5.41) is 0.0685. The van der Waals surface area contributed by atoms with Crippen molar-refractivity contribution in [2.45, 2.75) is 78.4 Å². The molecule has 4 nitrogen and oxygen atoms in total. The Morgan fingerprint density at radius 2 is 1.84 bits per heavy atom. The molecule has 0 N–H and O–H groups in total. The van der Waals surface area contributed by atoms with Gasteiger partial charge in [0.1, 0.15) is 4.32 Å². The number of ether oxygens (including phenoxy) is 1. The summed E-state index contributed by atoms with van der Waals surface area (Å²) in [6.07, 6.45) is -0.245. The molecule has 0 aliphatic carbocycles. The second kappa shape index (κ2) is 10.9. The second-order valence-electron chi connectivity index (χ2n) is 10.3. The molecule has 1 aromatic carbocycles. The fourth-order valence-corrected chi connectivity index (χ4v) is 6.46. The molecular weight excluding hydrogens is 442 g/mol. The Hall–Kier alpha value is -0.733. The SMILES string of the molecule is CC(C)[C@@H]1CSC(=S)N1C(=O)[C@@H](COCc1ccccc1)[C@@H](C)O[Si](C)(C)C(C)(C)C. The number of hydrogen-bond donors (Lipinski definition) is 0. The van der Waals surface area contributed by atoms with E-state index in [4.69, 9.17) is 21.4 Å². The maximum absolute atomic E-state index is 13.8. The Bertz CT molecular complexity index is 749. The van der Waals surface area contributed by atoms with Crippen LogP contribution in [0.1, 0.15) is 47.1 Å². The van der Waals surface area contributed by atoms with Gasteiger partial charge in [0.05, 0.1) is 25.2 Å². The number of rotatable bonds is 9. The lowest BCUT2D eigenvalue weighted by Gasteiger charge is -2.41. The van der Waals surface area contributed by atoms with E-state index in [1.54, 1.807) is 11.8 Å². The Balaban J connectivity index is 2.21. The van der Waals surface area contributed by atoms with Crippen molar-refractivity contribution in [3.8, 4) is 0 Å². The molecule has 1 aliphatic heterocycles. The average molecular weight is 482 g/mol. The number of hydrogen-bond acceptors (Lipinski definition) is 5. The van der Waals surface area contributed by atoms with Crippen molar-refractivity contribution >= 4 is 42.5 Å². The summed E-state index contributed by atoms with van der Waals surface area (Å²) >= 11 is 7.17. The lowest BCUT2D eigenvalue weighted by atomic mass is 9.99. The van der Waals surface area contributed by atoms with Crippen LogP contribution in [0.25, 0.3) is 0 Å². The molecule has 1 saturated heterocycles. The van der Waals surface area contributed by atoms with Gasteiger partial charge in [0.2, 0.25) is 5.91 Å². The van der Waals surface area contributed by atoms with Crippen LogP contribution in [0, 0.1) is 11.8 Å². The average Bonchev–Trinajstić information content (AvgIpc) is 3.06. The van der Waals surface area contributed by atoms with E-state index in [2.05, 4.69) is 47.7 Å². The lowest BCUT2D eigenvalue weighted by molar-refractivity contribution is -0.139. The maximum Gasteiger partial charge on any atom is 0.236 e. The van der Waals surface area contributed by atoms with Gasteiger partial charge < -0.3 is 9.16 Å². The van der Waals surface area contributed by atoms with Crippen LogP contribution in [0.15, 0.2) is 30.3 Å². The predicted molar refractivity (Wildman–Crippen MR) is 138 cm³/mol. The molecule has 174 valence electrons. The molecule has 31 heavy (non-hydrogen) atoms. The molecule has 0 unspecified atom stereocenters. The van der Waals surface area contributed by atoms with Crippen molar-refractivity contribution in [3.63, 3.8) is 0 Å². The first-order chi connectivity index (χ1) is 14.3. The second-order valence-corrected chi connectivity index (χ2v) is 16.7. The number of carbonyl (C=O) groups excluding carboxylic acids is 1. The molecular formula is C24H39NO3S2Si. The summed E-state index contributed by atoms with van der Waals surface area (Å²) in [4.78, 5) is 15.6. The Kier molecular flexibility index (Phi) is 9.35. The van der Waals surface area contributed by atoms with Crippen molar-refractivity contribution in [1.82, 2.24) is 4.90 Å². The van der Waals surface area contributed by atoms with E-state index in [9.17, 15) is 4.79 Å². The summed E-state index contributed by atoms with van der Waals surface area (Å²) in [6.45, 7) is 18.2. The van der Waals surface area contributed by atoms with Crippen molar-refractivity contribution < 1.29 is 14.0 Å². The van der Waals surface area contributed by atoms with Gasteiger partial charge in [-0.2, -0.15) is 0 Å². The minimum Gasteiger partial charge on any atom is -0.413 e. The summed E-state index contributed by atoms with van der Waals surface area (Å²) in [7, 11) is -2.04. The van der Waals surface area contributed by atoms with Crippen LogP contribution >= 0.6 is 24.0 Å². The van der Waals surface area contributed by atoms with Crippen LogP contribution in [0.3, 0.4) is 0 Å². The van der Waals surface area contributed by atoms with Gasteiger partial charge in [-0.15, -0.1) is 0 Å². The van der Waals surface area contributed by atoms with Gasteiger partial charge >= 0.3 is 0 Å². The van der Waals surface area contributed by atoms with Crippen LogP contribution in [0.4, 0.5) is 0 Å². The summed E-state index contributed by atoms with van der Waals surface area (Å²) in [6, 6.07) is 10.2. The molecule has 1 heterocycles. The van der Waals surface area contributed by atoms with Crippen LogP contribution in [-0.4, -0.2) is 48.0 Å². The largest absolute Gasteiger partial charge is 0.413 e. The third-order valence-corrected chi connectivity index (χ3v) is 12.6. The first kappa shape index (κ1) is 26.5. The molecule has 2 rings (SSSR count). The van der Waals surface area contributed by atoms with E-state index >= 15 is 0 Å². The number of benzene rings is 1. The van der Waals surface area contributed by atoms with Gasteiger partial charge in [0.25, 0.3) is 0 Å². The van der Waals surface area contributed by atoms with Gasteiger partial charge in [0, 0.05) is 11.8 Å². The molecule has 7 heteroatoms. The molecule has 1 aromatic rings. The molecule has 0 saturated carbocycles. The van der Waals surface area contributed by atoms with E-state index in [0.29, 0.717) is 23.5 Å². The standard InChI is InChI=1S/C24H39NO3S2Si/c1-17(2)21-16-30-23(29)25(21)22(26)20(15-27-14-19-12-10-9-11-13-19)18(3)28-31(7,8)24(4,5)6/h9-13,17-18,20-21H,14-16H2,1-8H3/t18-,20+,21+/m1/s1. The van der Waals surface area contributed by atoms with E-state index < -0.39 is 14.2 Å². The third-order valence-electron chi connectivity index (χ3n) is 6.49. The third kappa shape index (κ3) is 6.87. The zero-order valence-electron chi connectivity index (χ0n) is 20.3. The molecule has 0 aromatic heterocycles. The molecule has 0 bridgehead atoms. The first-order valence-corrected chi connectivity index (χ1v) is 15.4. The topological polar surface area (TPSA) is 38.8 Å². The highest BCUT2D eigenvalue weighted by atomic mass is 32.2. The van der Waals surface area contributed by atoms with Crippen molar-refractivity contribution in [1.29, 1.82) is 0 Å². The quantitative estimate of drug-likeness (QED) is 0.314. The van der Waals surface area contributed by atoms with Gasteiger partial charge in [-0.05, 0) is 36.5 Å². The molecule has 0 spiro atoms. The number of carbonyl (C=O) groups is 1. The van der Waals surface area contributed by atoms with E-state index in [1.807, 2.05) is 42.2 Å². The highest BCUT2D eigenvalue weighted by Gasteiger charge is 2.44. The maximum atomic E-state index is 13.8. The lowest BCUT2D eigenvalue weighted by Crippen LogP contribution is -2.52. The molecule has 0 radical (unpaired) electrons. The predicted octanol–water partition coefficient (Wildman–Crippen LogP) is 6.11. The van der Waals surface area contributed by atoms with Crippen LogP contribution < -0.4 is 0 Å². The van der Waals surface area contributed by atoms with Gasteiger partial charge in [-0.3, -0.25) is 9.69 Å². The normalized spacial score (nSPS) is 19.7. The molecule has 1 aliphatic rings. The molecule has 1 fully saturated rings. The Labute approximate surface area is 199 Å². The monoisotopic (exact) mass is 481 g/mol. The van der Waals surface area contributed by atoms with Crippen LogP contribution in [-0.2, 0) is 20.6 Å². The fourth-order valence-electron chi connectivity index (χ4n) is 3.37.